The van der Waals surface area contributed by atoms with E-state index in [2.05, 4.69) is 70.8 Å². The van der Waals surface area contributed by atoms with Crippen molar-refractivity contribution in [1.82, 2.24) is 9.97 Å². The van der Waals surface area contributed by atoms with E-state index in [0.717, 1.165) is 24.1 Å². The summed E-state index contributed by atoms with van der Waals surface area (Å²) in [5.41, 5.74) is 4.88. The highest BCUT2D eigenvalue weighted by atomic mass is 14.7. The summed E-state index contributed by atoms with van der Waals surface area (Å²) in [4.78, 5) is 9.24. The van der Waals surface area contributed by atoms with Gasteiger partial charge in [-0.25, -0.2) is 0 Å². The predicted molar refractivity (Wildman–Crippen MR) is 94.1 cm³/mol. The van der Waals surface area contributed by atoms with Gasteiger partial charge in [0.2, 0.25) is 0 Å². The first-order chi connectivity index (χ1) is 10.3. The van der Waals surface area contributed by atoms with Gasteiger partial charge in [-0.3, -0.25) is 9.97 Å². The van der Waals surface area contributed by atoms with Gasteiger partial charge < -0.3 is 0 Å². The Hall–Kier alpha value is -1.70. The zero-order valence-electron chi connectivity index (χ0n) is 14.8. The van der Waals surface area contributed by atoms with Crippen molar-refractivity contribution < 1.29 is 0 Å². The third-order valence-corrected chi connectivity index (χ3v) is 4.80. The molecule has 0 N–H and O–H groups in total. The minimum Gasteiger partial charge on any atom is -0.261 e. The summed E-state index contributed by atoms with van der Waals surface area (Å²) in [5, 5.41) is 0. The van der Waals surface area contributed by atoms with Gasteiger partial charge in [-0.1, -0.05) is 47.6 Å². The van der Waals surface area contributed by atoms with Gasteiger partial charge in [-0.15, -0.1) is 0 Å². The molecule has 0 spiro atoms. The first kappa shape index (κ1) is 16.7. The van der Waals surface area contributed by atoms with E-state index in [4.69, 9.17) is 4.98 Å². The Morgan fingerprint density at radius 3 is 2.00 bits per heavy atom. The van der Waals surface area contributed by atoms with Crippen molar-refractivity contribution in [2.24, 2.45) is 0 Å². The Balaban J connectivity index is 2.36. The summed E-state index contributed by atoms with van der Waals surface area (Å²) in [6.07, 6.45) is 6.12. The quantitative estimate of drug-likeness (QED) is 0.742. The summed E-state index contributed by atoms with van der Waals surface area (Å²) < 4.78 is 0. The normalized spacial score (nSPS) is 12.5. The van der Waals surface area contributed by atoms with Crippen LogP contribution in [0.5, 0.6) is 0 Å². The predicted octanol–water partition coefficient (Wildman–Crippen LogP) is 5.52. The molecule has 0 unspecified atom stereocenters. The molecule has 22 heavy (non-hydrogen) atoms. The summed E-state index contributed by atoms with van der Waals surface area (Å²) in [5.74, 6) is 0. The molecule has 0 atom stereocenters. The van der Waals surface area contributed by atoms with Crippen LogP contribution in [0.3, 0.4) is 0 Å². The highest BCUT2D eigenvalue weighted by Gasteiger charge is 2.23. The minimum absolute atomic E-state index is 0.0619. The van der Waals surface area contributed by atoms with Crippen molar-refractivity contribution in [3.05, 3.63) is 48.0 Å². The van der Waals surface area contributed by atoms with Crippen molar-refractivity contribution in [1.29, 1.82) is 0 Å². The van der Waals surface area contributed by atoms with Crippen molar-refractivity contribution in [2.75, 3.05) is 0 Å². The third-order valence-electron chi connectivity index (χ3n) is 4.80. The van der Waals surface area contributed by atoms with Gasteiger partial charge in [0.05, 0.1) is 0 Å². The lowest BCUT2D eigenvalue weighted by Gasteiger charge is -2.26. The Morgan fingerprint density at radius 2 is 1.50 bits per heavy atom. The minimum atomic E-state index is 0.0619. The Bertz CT molecular complexity index is 617. The van der Waals surface area contributed by atoms with Crippen LogP contribution in [0.1, 0.15) is 65.8 Å². The molecule has 118 valence electrons. The maximum atomic E-state index is 4.74. The topological polar surface area (TPSA) is 25.8 Å². The molecular weight excluding hydrogens is 268 g/mol. The van der Waals surface area contributed by atoms with Crippen LogP contribution in [0.15, 0.2) is 36.7 Å². The number of pyridine rings is 2. The van der Waals surface area contributed by atoms with Crippen molar-refractivity contribution in [3.8, 4) is 11.1 Å². The SMILES string of the molecule is CCC(C)(CC)c1ccc(-c2ccnc(C(C)(C)C)c2)cn1. The summed E-state index contributed by atoms with van der Waals surface area (Å²) in [7, 11) is 0. The van der Waals surface area contributed by atoms with Crippen molar-refractivity contribution in [3.63, 3.8) is 0 Å². The molecule has 0 fully saturated rings. The molecule has 0 aliphatic carbocycles. The highest BCUT2D eigenvalue weighted by Crippen LogP contribution is 2.31. The monoisotopic (exact) mass is 296 g/mol. The van der Waals surface area contributed by atoms with Crippen LogP contribution in [-0.4, -0.2) is 9.97 Å². The summed E-state index contributed by atoms with van der Waals surface area (Å²) in [6, 6.07) is 8.60. The van der Waals surface area contributed by atoms with E-state index < -0.39 is 0 Å². The van der Waals surface area contributed by atoms with Crippen LogP contribution in [0.25, 0.3) is 11.1 Å². The number of nitrogens with zero attached hydrogens (tertiary/aromatic N) is 2. The smallest absolute Gasteiger partial charge is 0.0463 e. The van der Waals surface area contributed by atoms with E-state index in [1.165, 1.54) is 11.3 Å². The van der Waals surface area contributed by atoms with Gasteiger partial charge in [0, 0.05) is 40.2 Å². The molecule has 2 nitrogen and oxygen atoms in total. The standard InChI is InChI=1S/C20H28N2/c1-7-20(6,8-2)17-10-9-16(14-22-17)15-11-12-21-18(13-15)19(3,4)5/h9-14H,7-8H2,1-6H3. The molecule has 2 aromatic rings. The van der Waals surface area contributed by atoms with E-state index in [0.29, 0.717) is 0 Å². The zero-order valence-corrected chi connectivity index (χ0v) is 14.8. The van der Waals surface area contributed by atoms with Gasteiger partial charge in [-0.2, -0.15) is 0 Å². The molecule has 2 heteroatoms. The molecule has 2 heterocycles. The second-order valence-electron chi connectivity index (χ2n) is 7.38. The van der Waals surface area contributed by atoms with E-state index in [-0.39, 0.29) is 10.8 Å². The average Bonchev–Trinajstić information content (AvgIpc) is 2.53. The van der Waals surface area contributed by atoms with Crippen LogP contribution < -0.4 is 0 Å². The molecule has 0 bridgehead atoms. The van der Waals surface area contributed by atoms with Gasteiger partial charge in [0.1, 0.15) is 0 Å². The van der Waals surface area contributed by atoms with Gasteiger partial charge in [-0.05, 0) is 36.6 Å². The van der Waals surface area contributed by atoms with Crippen molar-refractivity contribution in [2.45, 2.75) is 65.2 Å². The molecule has 0 saturated heterocycles. The molecule has 0 saturated carbocycles. The maximum absolute atomic E-state index is 4.74. The van der Waals surface area contributed by atoms with Gasteiger partial charge in [0.15, 0.2) is 0 Å². The number of aromatic nitrogens is 2. The number of hydrogen-bond donors (Lipinski definition) is 0. The average molecular weight is 296 g/mol. The maximum Gasteiger partial charge on any atom is 0.0463 e. The van der Waals surface area contributed by atoms with Crippen molar-refractivity contribution >= 4 is 0 Å². The highest BCUT2D eigenvalue weighted by molar-refractivity contribution is 5.62. The van der Waals surface area contributed by atoms with E-state index in [1.807, 2.05) is 12.4 Å². The van der Waals surface area contributed by atoms with Crippen LogP contribution >= 0.6 is 0 Å². The molecule has 0 radical (unpaired) electrons. The first-order valence-electron chi connectivity index (χ1n) is 8.23. The molecule has 0 aliphatic heterocycles. The molecule has 2 rings (SSSR count). The Labute approximate surface area is 135 Å². The fourth-order valence-electron chi connectivity index (χ4n) is 2.55. The summed E-state index contributed by atoms with van der Waals surface area (Å²) >= 11 is 0. The Morgan fingerprint density at radius 1 is 0.818 bits per heavy atom. The van der Waals surface area contributed by atoms with E-state index in [1.54, 1.807) is 0 Å². The second-order valence-corrected chi connectivity index (χ2v) is 7.38. The van der Waals surface area contributed by atoms with Crippen LogP contribution in [0.4, 0.5) is 0 Å². The lowest BCUT2D eigenvalue weighted by Crippen LogP contribution is -2.20. The summed E-state index contributed by atoms with van der Waals surface area (Å²) in [6.45, 7) is 13.3. The lowest BCUT2D eigenvalue weighted by molar-refractivity contribution is 0.426. The second kappa shape index (κ2) is 6.20. The molecule has 0 aliphatic rings. The molecular formula is C20H28N2. The Kier molecular flexibility index (Phi) is 4.69. The fraction of sp³-hybridized carbons (Fsp3) is 0.500. The lowest BCUT2D eigenvalue weighted by atomic mass is 9.81. The first-order valence-corrected chi connectivity index (χ1v) is 8.23. The molecule has 0 aromatic carbocycles. The largest absolute Gasteiger partial charge is 0.261 e. The fourth-order valence-corrected chi connectivity index (χ4v) is 2.55. The van der Waals surface area contributed by atoms with Crippen LogP contribution in [0.2, 0.25) is 0 Å². The van der Waals surface area contributed by atoms with Crippen LogP contribution in [0, 0.1) is 0 Å². The molecule has 0 amide bonds. The number of rotatable bonds is 4. The van der Waals surface area contributed by atoms with Gasteiger partial charge in [0.25, 0.3) is 0 Å². The van der Waals surface area contributed by atoms with E-state index in [9.17, 15) is 0 Å². The number of hydrogen-bond acceptors (Lipinski definition) is 2. The van der Waals surface area contributed by atoms with Gasteiger partial charge >= 0.3 is 0 Å². The third kappa shape index (κ3) is 3.37. The molecule has 2 aromatic heterocycles. The zero-order chi connectivity index (χ0) is 16.4. The van der Waals surface area contributed by atoms with E-state index >= 15 is 0 Å². The van der Waals surface area contributed by atoms with Crippen LogP contribution in [-0.2, 0) is 10.8 Å².